The minimum Gasteiger partial charge on any atom is -0.450 e. The smallest absolute Gasteiger partial charge is 0.407 e. The van der Waals surface area contributed by atoms with Crippen LogP contribution in [0, 0.1) is 0 Å². The van der Waals surface area contributed by atoms with Crippen molar-refractivity contribution in [3.8, 4) is 0 Å². The molecule has 2 N–H and O–H groups in total. The van der Waals surface area contributed by atoms with Gasteiger partial charge in [-0.25, -0.2) is 4.79 Å². The van der Waals surface area contributed by atoms with Gasteiger partial charge in [-0.3, -0.25) is 0 Å². The maximum absolute atomic E-state index is 11.1. The standard InChI is InChI=1S/C9H20N2O2.ClH/c1-9(2,3)11-8(12)13-7-5-6-10-4;/h10H,5-7H2,1-4H3,(H,11,12);1H. The third-order valence-electron chi connectivity index (χ3n) is 1.28. The molecule has 0 unspecified atom stereocenters. The van der Waals surface area contributed by atoms with Crippen LogP contribution in [0.15, 0.2) is 0 Å². The number of carbonyl (C=O) groups is 1. The molecule has 0 aromatic rings. The lowest BCUT2D eigenvalue weighted by Crippen LogP contribution is -2.41. The van der Waals surface area contributed by atoms with E-state index in [1.54, 1.807) is 0 Å². The Morgan fingerprint density at radius 2 is 1.93 bits per heavy atom. The minimum atomic E-state index is -0.344. The monoisotopic (exact) mass is 224 g/mol. The molecule has 0 saturated carbocycles. The number of ether oxygens (including phenoxy) is 1. The Balaban J connectivity index is 0. The highest BCUT2D eigenvalue weighted by Gasteiger charge is 2.13. The zero-order valence-corrected chi connectivity index (χ0v) is 10.2. The minimum absolute atomic E-state index is 0. The van der Waals surface area contributed by atoms with Crippen LogP contribution in [0.5, 0.6) is 0 Å². The average molecular weight is 225 g/mol. The van der Waals surface area contributed by atoms with Crippen molar-refractivity contribution in [1.82, 2.24) is 10.6 Å². The Kier molecular flexibility index (Phi) is 8.99. The molecule has 0 atom stereocenters. The quantitative estimate of drug-likeness (QED) is 0.713. The molecule has 0 aliphatic rings. The number of carbonyl (C=O) groups excluding carboxylic acids is 1. The third-order valence-corrected chi connectivity index (χ3v) is 1.28. The highest BCUT2D eigenvalue weighted by atomic mass is 35.5. The summed E-state index contributed by atoms with van der Waals surface area (Å²) in [6.45, 7) is 7.08. The normalized spacial score (nSPS) is 10.3. The predicted octanol–water partition coefficient (Wildman–Crippen LogP) is 1.54. The zero-order valence-electron chi connectivity index (χ0n) is 9.35. The van der Waals surface area contributed by atoms with Crippen molar-refractivity contribution in [1.29, 1.82) is 0 Å². The first kappa shape index (κ1) is 16.0. The summed E-state index contributed by atoms with van der Waals surface area (Å²) in [5.74, 6) is 0. The highest BCUT2D eigenvalue weighted by molar-refractivity contribution is 5.85. The van der Waals surface area contributed by atoms with Crippen LogP contribution in [-0.4, -0.2) is 31.8 Å². The fourth-order valence-electron chi connectivity index (χ4n) is 0.756. The molecule has 0 spiro atoms. The highest BCUT2D eigenvalue weighted by Crippen LogP contribution is 1.98. The van der Waals surface area contributed by atoms with E-state index in [9.17, 15) is 4.79 Å². The summed E-state index contributed by atoms with van der Waals surface area (Å²) in [4.78, 5) is 11.1. The van der Waals surface area contributed by atoms with Crippen molar-refractivity contribution in [2.24, 2.45) is 0 Å². The van der Waals surface area contributed by atoms with Gasteiger partial charge in [-0.1, -0.05) is 0 Å². The number of hydrogen-bond acceptors (Lipinski definition) is 3. The van der Waals surface area contributed by atoms with Crippen molar-refractivity contribution >= 4 is 18.5 Å². The summed E-state index contributed by atoms with van der Waals surface area (Å²) in [6.07, 6.45) is 0.497. The molecule has 0 radical (unpaired) electrons. The lowest BCUT2D eigenvalue weighted by Gasteiger charge is -2.19. The van der Waals surface area contributed by atoms with Crippen molar-refractivity contribution in [3.05, 3.63) is 0 Å². The average Bonchev–Trinajstić information content (AvgIpc) is 1.94. The maximum Gasteiger partial charge on any atom is 0.407 e. The Morgan fingerprint density at radius 3 is 2.36 bits per heavy atom. The number of halogens is 1. The van der Waals surface area contributed by atoms with Crippen LogP contribution < -0.4 is 10.6 Å². The zero-order chi connectivity index (χ0) is 10.3. The van der Waals surface area contributed by atoms with Crippen LogP contribution in [0.2, 0.25) is 0 Å². The molecule has 0 saturated heterocycles. The third kappa shape index (κ3) is 11.5. The molecule has 0 aliphatic heterocycles. The van der Waals surface area contributed by atoms with Crippen LogP contribution in [-0.2, 0) is 4.74 Å². The first-order valence-electron chi connectivity index (χ1n) is 4.55. The van der Waals surface area contributed by atoms with Gasteiger partial charge in [0.05, 0.1) is 6.61 Å². The molecule has 1 amide bonds. The van der Waals surface area contributed by atoms with Gasteiger partial charge in [0.2, 0.25) is 0 Å². The Bertz CT molecular complexity index is 157. The van der Waals surface area contributed by atoms with Gasteiger partial charge in [0.1, 0.15) is 0 Å². The predicted molar refractivity (Wildman–Crippen MR) is 60.0 cm³/mol. The van der Waals surface area contributed by atoms with Crippen LogP contribution >= 0.6 is 12.4 Å². The first-order valence-corrected chi connectivity index (χ1v) is 4.55. The molecule has 4 nitrogen and oxygen atoms in total. The number of rotatable bonds is 4. The van der Waals surface area contributed by atoms with E-state index in [-0.39, 0.29) is 24.0 Å². The second kappa shape index (κ2) is 7.88. The maximum atomic E-state index is 11.1. The van der Waals surface area contributed by atoms with Crippen LogP contribution in [0.1, 0.15) is 27.2 Å². The van der Waals surface area contributed by atoms with E-state index in [2.05, 4.69) is 10.6 Å². The second-order valence-electron chi connectivity index (χ2n) is 3.97. The van der Waals surface area contributed by atoms with Crippen LogP contribution in [0.4, 0.5) is 4.79 Å². The Labute approximate surface area is 92.2 Å². The van der Waals surface area contributed by atoms with Crippen LogP contribution in [0.3, 0.4) is 0 Å². The topological polar surface area (TPSA) is 50.4 Å². The van der Waals surface area contributed by atoms with Crippen molar-refractivity contribution < 1.29 is 9.53 Å². The number of hydrogen-bond donors (Lipinski definition) is 2. The van der Waals surface area contributed by atoms with E-state index in [0.29, 0.717) is 6.61 Å². The van der Waals surface area contributed by atoms with Crippen molar-refractivity contribution in [2.45, 2.75) is 32.7 Å². The van der Waals surface area contributed by atoms with Gasteiger partial charge in [-0.15, -0.1) is 12.4 Å². The van der Waals surface area contributed by atoms with Gasteiger partial charge in [0, 0.05) is 5.54 Å². The van der Waals surface area contributed by atoms with Gasteiger partial charge in [-0.05, 0) is 40.8 Å². The first-order chi connectivity index (χ1) is 5.95. The molecule has 0 bridgehead atoms. The van der Waals surface area contributed by atoms with Gasteiger partial charge in [-0.2, -0.15) is 0 Å². The van der Waals surface area contributed by atoms with Crippen molar-refractivity contribution in [2.75, 3.05) is 20.2 Å². The summed E-state index contributed by atoms with van der Waals surface area (Å²) in [5.41, 5.74) is -0.222. The molecule has 0 aliphatic carbocycles. The SMILES string of the molecule is CNCCCOC(=O)NC(C)(C)C.Cl. The number of alkyl carbamates (subject to hydrolysis) is 1. The molecule has 0 rings (SSSR count). The second-order valence-corrected chi connectivity index (χ2v) is 3.97. The lowest BCUT2D eigenvalue weighted by molar-refractivity contribution is 0.136. The summed E-state index contributed by atoms with van der Waals surface area (Å²) in [6, 6.07) is 0. The van der Waals surface area contributed by atoms with Crippen molar-refractivity contribution in [3.63, 3.8) is 0 Å². The van der Waals surface area contributed by atoms with E-state index in [4.69, 9.17) is 4.74 Å². The van der Waals surface area contributed by atoms with E-state index >= 15 is 0 Å². The van der Waals surface area contributed by atoms with E-state index in [1.165, 1.54) is 0 Å². The van der Waals surface area contributed by atoms with E-state index < -0.39 is 0 Å². The van der Waals surface area contributed by atoms with Gasteiger partial charge < -0.3 is 15.4 Å². The summed E-state index contributed by atoms with van der Waals surface area (Å²) in [7, 11) is 1.87. The molecule has 5 heteroatoms. The number of nitrogens with one attached hydrogen (secondary N) is 2. The van der Waals surface area contributed by atoms with E-state index in [0.717, 1.165) is 13.0 Å². The Morgan fingerprint density at radius 1 is 1.36 bits per heavy atom. The lowest BCUT2D eigenvalue weighted by atomic mass is 10.1. The molecular weight excluding hydrogens is 204 g/mol. The van der Waals surface area contributed by atoms with Crippen LogP contribution in [0.25, 0.3) is 0 Å². The molecule has 0 aromatic carbocycles. The number of amides is 1. The largest absolute Gasteiger partial charge is 0.450 e. The van der Waals surface area contributed by atoms with Gasteiger partial charge in [0.25, 0.3) is 0 Å². The Hall–Kier alpha value is -0.480. The summed E-state index contributed by atoms with van der Waals surface area (Å²) in [5, 5.41) is 5.69. The molecule has 0 heterocycles. The molecule has 86 valence electrons. The van der Waals surface area contributed by atoms with Gasteiger partial charge >= 0.3 is 6.09 Å². The molecular formula is C9H21ClN2O2. The molecule has 0 aromatic heterocycles. The molecule has 14 heavy (non-hydrogen) atoms. The van der Waals surface area contributed by atoms with Gasteiger partial charge in [0.15, 0.2) is 0 Å². The summed E-state index contributed by atoms with van der Waals surface area (Å²) < 4.78 is 4.93. The summed E-state index contributed by atoms with van der Waals surface area (Å²) >= 11 is 0. The van der Waals surface area contributed by atoms with E-state index in [1.807, 2.05) is 27.8 Å². The fraction of sp³-hybridized carbons (Fsp3) is 0.889. The molecule has 0 fully saturated rings. The fourth-order valence-corrected chi connectivity index (χ4v) is 0.756.